The van der Waals surface area contributed by atoms with Crippen LogP contribution in [0, 0.1) is 0 Å². The zero-order valence-corrected chi connectivity index (χ0v) is 13.9. The average molecular weight is 335 g/mol. The van der Waals surface area contributed by atoms with E-state index in [2.05, 4.69) is 15.3 Å². The van der Waals surface area contributed by atoms with Crippen LogP contribution in [0.3, 0.4) is 0 Å². The van der Waals surface area contributed by atoms with E-state index in [0.29, 0.717) is 12.0 Å². The molecule has 5 nitrogen and oxygen atoms in total. The van der Waals surface area contributed by atoms with Crippen molar-refractivity contribution < 1.29 is 9.84 Å². The van der Waals surface area contributed by atoms with Crippen molar-refractivity contribution in [2.45, 2.75) is 37.8 Å². The molecule has 5 heteroatoms. The highest BCUT2D eigenvalue weighted by Gasteiger charge is 2.19. The number of hydrogen-bond acceptors (Lipinski definition) is 5. The molecule has 128 valence electrons. The third-order valence-electron chi connectivity index (χ3n) is 4.56. The van der Waals surface area contributed by atoms with Gasteiger partial charge in [-0.05, 0) is 49.9 Å². The van der Waals surface area contributed by atoms with Gasteiger partial charge in [0.15, 0.2) is 0 Å². The first-order chi connectivity index (χ1) is 12.3. The Morgan fingerprint density at radius 2 is 1.76 bits per heavy atom. The predicted octanol–water partition coefficient (Wildman–Crippen LogP) is 4.14. The molecule has 0 atom stereocenters. The fraction of sp³-hybridized carbons (Fsp3) is 0.300. The van der Waals surface area contributed by atoms with Gasteiger partial charge in [0.05, 0.1) is 11.6 Å². The monoisotopic (exact) mass is 335 g/mol. The van der Waals surface area contributed by atoms with E-state index in [4.69, 9.17) is 4.74 Å². The molecule has 0 radical (unpaired) electrons. The van der Waals surface area contributed by atoms with E-state index in [0.717, 1.165) is 48.1 Å². The molecular formula is C20H21N3O2. The maximum Gasteiger partial charge on any atom is 0.223 e. The summed E-state index contributed by atoms with van der Waals surface area (Å²) in [5, 5.41) is 14.0. The molecule has 0 bridgehead atoms. The van der Waals surface area contributed by atoms with Gasteiger partial charge in [-0.25, -0.2) is 9.97 Å². The number of aliphatic hydroxyl groups excluding tert-OH is 1. The van der Waals surface area contributed by atoms with Gasteiger partial charge in [0, 0.05) is 23.7 Å². The maximum atomic E-state index is 9.61. The van der Waals surface area contributed by atoms with Gasteiger partial charge >= 0.3 is 0 Å². The van der Waals surface area contributed by atoms with Gasteiger partial charge < -0.3 is 15.2 Å². The van der Waals surface area contributed by atoms with Gasteiger partial charge in [0.25, 0.3) is 0 Å². The van der Waals surface area contributed by atoms with Gasteiger partial charge in [-0.1, -0.05) is 18.2 Å². The van der Waals surface area contributed by atoms with Crippen molar-refractivity contribution in [3.63, 3.8) is 0 Å². The van der Waals surface area contributed by atoms with E-state index in [-0.39, 0.29) is 6.10 Å². The van der Waals surface area contributed by atoms with Crippen molar-refractivity contribution in [3.05, 3.63) is 54.7 Å². The molecule has 2 aromatic carbocycles. The fourth-order valence-corrected chi connectivity index (χ4v) is 3.16. The Morgan fingerprint density at radius 3 is 2.56 bits per heavy atom. The predicted molar refractivity (Wildman–Crippen MR) is 97.9 cm³/mol. The molecule has 0 amide bonds. The second-order valence-corrected chi connectivity index (χ2v) is 6.48. The third kappa shape index (κ3) is 3.88. The quantitative estimate of drug-likeness (QED) is 0.750. The van der Waals surface area contributed by atoms with Crippen molar-refractivity contribution in [2.75, 3.05) is 5.32 Å². The molecule has 1 aliphatic carbocycles. The van der Waals surface area contributed by atoms with Gasteiger partial charge in [-0.15, -0.1) is 0 Å². The number of anilines is 1. The highest BCUT2D eigenvalue weighted by atomic mass is 16.5. The number of ether oxygens (including phenoxy) is 1. The van der Waals surface area contributed by atoms with Crippen LogP contribution >= 0.6 is 0 Å². The van der Waals surface area contributed by atoms with Gasteiger partial charge in [0.2, 0.25) is 5.95 Å². The number of aliphatic hydroxyl groups is 1. The molecule has 1 aromatic heterocycles. The summed E-state index contributed by atoms with van der Waals surface area (Å²) in [7, 11) is 0. The molecule has 0 aliphatic heterocycles. The summed E-state index contributed by atoms with van der Waals surface area (Å²) in [6.45, 7) is 0. The summed E-state index contributed by atoms with van der Waals surface area (Å²) >= 11 is 0. The Balaban J connectivity index is 1.52. The van der Waals surface area contributed by atoms with E-state index >= 15 is 0 Å². The lowest BCUT2D eigenvalue weighted by atomic mass is 9.93. The number of hydrogen-bond donors (Lipinski definition) is 2. The van der Waals surface area contributed by atoms with Crippen LogP contribution in [0.25, 0.3) is 10.9 Å². The van der Waals surface area contributed by atoms with Gasteiger partial charge in [0.1, 0.15) is 11.5 Å². The molecular weight excluding hydrogens is 314 g/mol. The molecule has 25 heavy (non-hydrogen) atoms. The zero-order valence-electron chi connectivity index (χ0n) is 13.9. The zero-order chi connectivity index (χ0) is 17.1. The Hall–Kier alpha value is -2.66. The summed E-state index contributed by atoms with van der Waals surface area (Å²) < 4.78 is 5.88. The lowest BCUT2D eigenvalue weighted by molar-refractivity contribution is 0.126. The normalized spacial score (nSPS) is 20.4. The molecule has 4 rings (SSSR count). The first kappa shape index (κ1) is 15.8. The Morgan fingerprint density at radius 1 is 0.960 bits per heavy atom. The summed E-state index contributed by atoms with van der Waals surface area (Å²) in [5.74, 6) is 2.19. The molecule has 1 aliphatic rings. The highest BCUT2D eigenvalue weighted by molar-refractivity contribution is 5.80. The van der Waals surface area contributed by atoms with Crippen LogP contribution in [0.15, 0.2) is 54.7 Å². The number of rotatable bonds is 4. The van der Waals surface area contributed by atoms with Crippen LogP contribution in [0.4, 0.5) is 5.95 Å². The number of fused-ring (bicyclic) bond motifs is 1. The van der Waals surface area contributed by atoms with E-state index in [1.165, 1.54) is 0 Å². The Kier molecular flexibility index (Phi) is 4.48. The summed E-state index contributed by atoms with van der Waals surface area (Å²) in [5.41, 5.74) is 0.849. The minimum absolute atomic E-state index is 0.159. The van der Waals surface area contributed by atoms with Crippen LogP contribution in [-0.2, 0) is 0 Å². The second kappa shape index (κ2) is 7.07. The van der Waals surface area contributed by atoms with E-state index in [1.54, 1.807) is 0 Å². The SMILES string of the molecule is O[C@H]1CC[C@H](Nc2ncc3ccc(Oc4ccccc4)cc3n2)CC1. The molecule has 0 saturated heterocycles. The van der Waals surface area contributed by atoms with E-state index < -0.39 is 0 Å². The van der Waals surface area contributed by atoms with Crippen molar-refractivity contribution in [3.8, 4) is 11.5 Å². The Labute approximate surface area is 146 Å². The van der Waals surface area contributed by atoms with Crippen molar-refractivity contribution in [1.29, 1.82) is 0 Å². The molecule has 2 N–H and O–H groups in total. The van der Waals surface area contributed by atoms with Gasteiger partial charge in [-0.3, -0.25) is 0 Å². The van der Waals surface area contributed by atoms with Crippen LogP contribution in [0.5, 0.6) is 11.5 Å². The van der Waals surface area contributed by atoms with E-state index in [9.17, 15) is 5.11 Å². The summed E-state index contributed by atoms with van der Waals surface area (Å²) in [6.07, 6.45) is 5.22. The number of benzene rings is 2. The molecule has 3 aromatic rings. The number of para-hydroxylation sites is 1. The lowest BCUT2D eigenvalue weighted by Gasteiger charge is -2.26. The smallest absolute Gasteiger partial charge is 0.223 e. The van der Waals surface area contributed by atoms with E-state index in [1.807, 2.05) is 54.7 Å². The minimum Gasteiger partial charge on any atom is -0.457 e. The van der Waals surface area contributed by atoms with Crippen LogP contribution < -0.4 is 10.1 Å². The fourth-order valence-electron chi connectivity index (χ4n) is 3.16. The van der Waals surface area contributed by atoms with Crippen LogP contribution in [0.2, 0.25) is 0 Å². The summed E-state index contributed by atoms with van der Waals surface area (Å²) in [4.78, 5) is 9.03. The van der Waals surface area contributed by atoms with Crippen molar-refractivity contribution >= 4 is 16.9 Å². The largest absolute Gasteiger partial charge is 0.457 e. The maximum absolute atomic E-state index is 9.61. The number of aromatic nitrogens is 2. The number of nitrogens with one attached hydrogen (secondary N) is 1. The molecule has 1 saturated carbocycles. The lowest BCUT2D eigenvalue weighted by Crippen LogP contribution is -2.28. The molecule has 1 heterocycles. The van der Waals surface area contributed by atoms with Crippen LogP contribution in [0.1, 0.15) is 25.7 Å². The minimum atomic E-state index is -0.159. The summed E-state index contributed by atoms with van der Waals surface area (Å²) in [6, 6.07) is 15.8. The number of nitrogens with zero attached hydrogens (tertiary/aromatic N) is 2. The van der Waals surface area contributed by atoms with Crippen molar-refractivity contribution in [1.82, 2.24) is 9.97 Å². The van der Waals surface area contributed by atoms with Gasteiger partial charge in [-0.2, -0.15) is 0 Å². The average Bonchev–Trinajstić information content (AvgIpc) is 2.64. The van der Waals surface area contributed by atoms with Crippen LogP contribution in [-0.4, -0.2) is 27.2 Å². The Bertz CT molecular complexity index is 846. The molecule has 0 spiro atoms. The standard InChI is InChI=1S/C20H21N3O2/c24-16-9-7-15(8-10-16)22-20-21-13-14-6-11-18(12-19(14)23-20)25-17-4-2-1-3-5-17/h1-6,11-13,15-16,24H,7-10H2,(H,21,22,23)/t15-,16-. The molecule has 0 unspecified atom stereocenters. The first-order valence-corrected chi connectivity index (χ1v) is 8.70. The third-order valence-corrected chi connectivity index (χ3v) is 4.56. The highest BCUT2D eigenvalue weighted by Crippen LogP contribution is 2.26. The first-order valence-electron chi connectivity index (χ1n) is 8.70. The second-order valence-electron chi connectivity index (χ2n) is 6.48. The molecule has 1 fully saturated rings. The topological polar surface area (TPSA) is 67.3 Å². The van der Waals surface area contributed by atoms with Crippen molar-refractivity contribution in [2.24, 2.45) is 0 Å².